The fraction of sp³-hybridized carbons (Fsp3) is 0.296. The maximum absolute atomic E-state index is 13.5. The van der Waals surface area contributed by atoms with Gasteiger partial charge in [0.05, 0.1) is 24.2 Å². The number of hydrogen-bond acceptors (Lipinski definition) is 6. The summed E-state index contributed by atoms with van der Waals surface area (Å²) in [4.78, 5) is 33.5. The molecule has 1 unspecified atom stereocenters. The maximum atomic E-state index is 13.5. The van der Waals surface area contributed by atoms with Crippen molar-refractivity contribution in [1.29, 1.82) is 0 Å². The number of benzene rings is 2. The van der Waals surface area contributed by atoms with E-state index in [1.165, 1.54) is 11.3 Å². The summed E-state index contributed by atoms with van der Waals surface area (Å²) in [7, 11) is 1.63. The number of piperidine rings is 1. The van der Waals surface area contributed by atoms with Gasteiger partial charge in [-0.05, 0) is 61.0 Å². The molecule has 2 aromatic heterocycles. The average Bonchev–Trinajstić information content (AvgIpc) is 3.37. The lowest BCUT2D eigenvalue weighted by Gasteiger charge is -2.34. The Kier molecular flexibility index (Phi) is 6.55. The molecule has 1 N–H and O–H groups in total. The van der Waals surface area contributed by atoms with Gasteiger partial charge in [-0.1, -0.05) is 29.8 Å². The highest BCUT2D eigenvalue weighted by molar-refractivity contribution is 7.17. The topological polar surface area (TPSA) is 76.5 Å². The highest BCUT2D eigenvalue weighted by atomic mass is 32.1. The molecule has 5 rings (SSSR count). The van der Waals surface area contributed by atoms with Gasteiger partial charge in [0.25, 0.3) is 5.56 Å². The van der Waals surface area contributed by atoms with Crippen LogP contribution in [0.4, 0.5) is 5.95 Å². The van der Waals surface area contributed by atoms with Crippen molar-refractivity contribution in [3.63, 3.8) is 0 Å². The van der Waals surface area contributed by atoms with E-state index < -0.39 is 0 Å². The van der Waals surface area contributed by atoms with Gasteiger partial charge in [0, 0.05) is 19.6 Å². The Morgan fingerprint density at radius 1 is 1.20 bits per heavy atom. The van der Waals surface area contributed by atoms with Gasteiger partial charge in [0.1, 0.15) is 10.4 Å². The number of carbonyl (C=O) groups is 1. The number of methoxy groups -OCH3 is 1. The monoisotopic (exact) mass is 488 g/mol. The van der Waals surface area contributed by atoms with Gasteiger partial charge in [0.15, 0.2) is 0 Å². The molecule has 1 atom stereocenters. The molecule has 8 heteroatoms. The number of thiophene rings is 1. The molecule has 1 aliphatic heterocycles. The van der Waals surface area contributed by atoms with E-state index in [9.17, 15) is 9.59 Å². The summed E-state index contributed by atoms with van der Waals surface area (Å²) in [5.41, 5.74) is 3.52. The molecule has 3 heterocycles. The van der Waals surface area contributed by atoms with Crippen molar-refractivity contribution in [3.05, 3.63) is 81.5 Å². The Hall–Kier alpha value is -3.65. The molecule has 0 radical (unpaired) electrons. The number of amides is 1. The van der Waals surface area contributed by atoms with Gasteiger partial charge in [-0.15, -0.1) is 11.3 Å². The quantitative estimate of drug-likeness (QED) is 0.438. The smallest absolute Gasteiger partial charge is 0.277 e. The lowest BCUT2D eigenvalue weighted by atomic mass is 9.97. The van der Waals surface area contributed by atoms with E-state index in [1.807, 2.05) is 66.9 Å². The third-order valence-corrected chi connectivity index (χ3v) is 7.32. The molecule has 4 aromatic rings. The number of fused-ring (bicyclic) bond motifs is 1. The van der Waals surface area contributed by atoms with Crippen molar-refractivity contribution in [3.8, 4) is 11.4 Å². The highest BCUT2D eigenvalue weighted by Gasteiger charge is 2.29. The summed E-state index contributed by atoms with van der Waals surface area (Å²) < 4.78 is 7.60. The van der Waals surface area contributed by atoms with Crippen LogP contribution in [0.3, 0.4) is 0 Å². The van der Waals surface area contributed by atoms with E-state index in [1.54, 1.807) is 11.7 Å². The summed E-state index contributed by atoms with van der Waals surface area (Å²) >= 11 is 1.41. The number of anilines is 1. The lowest BCUT2D eigenvalue weighted by molar-refractivity contribution is -0.125. The van der Waals surface area contributed by atoms with E-state index >= 15 is 0 Å². The average molecular weight is 489 g/mol. The van der Waals surface area contributed by atoms with Crippen LogP contribution >= 0.6 is 11.3 Å². The Balaban J connectivity index is 1.40. The van der Waals surface area contributed by atoms with Crippen molar-refractivity contribution < 1.29 is 9.53 Å². The molecule has 1 saturated heterocycles. The number of nitrogens with zero attached hydrogens (tertiary/aromatic N) is 3. The number of nitrogens with one attached hydrogen (secondary N) is 1. The first-order valence-corrected chi connectivity index (χ1v) is 12.6. The van der Waals surface area contributed by atoms with Crippen LogP contribution in [-0.2, 0) is 11.3 Å². The zero-order chi connectivity index (χ0) is 24.4. The largest absolute Gasteiger partial charge is 0.497 e. The van der Waals surface area contributed by atoms with Gasteiger partial charge >= 0.3 is 0 Å². The van der Waals surface area contributed by atoms with Crippen LogP contribution in [0.1, 0.15) is 24.0 Å². The molecule has 180 valence electrons. The highest BCUT2D eigenvalue weighted by Crippen LogP contribution is 2.27. The molecule has 1 fully saturated rings. The second-order valence-corrected chi connectivity index (χ2v) is 9.79. The molecular formula is C27H28N4O3S. The van der Waals surface area contributed by atoms with Gasteiger partial charge in [-0.2, -0.15) is 0 Å². The van der Waals surface area contributed by atoms with Gasteiger partial charge < -0.3 is 15.0 Å². The standard InChI is InChI=1S/C27H28N4O3S/c1-18-8-10-21(11-9-18)31-26(33)24-23(12-14-35-24)29-27(31)30-13-4-6-20(17-30)25(32)28-16-19-5-3-7-22(15-19)34-2/h3,5,7-12,14-15,20H,4,6,13,16-17H2,1-2H3,(H,28,32). The fourth-order valence-electron chi connectivity index (χ4n) is 4.53. The first-order valence-electron chi connectivity index (χ1n) is 11.8. The summed E-state index contributed by atoms with van der Waals surface area (Å²) in [5.74, 6) is 1.19. The predicted octanol–water partition coefficient (Wildman–Crippen LogP) is 4.30. The summed E-state index contributed by atoms with van der Waals surface area (Å²) in [6, 6.07) is 17.5. The van der Waals surface area contributed by atoms with Crippen molar-refractivity contribution in [2.45, 2.75) is 26.3 Å². The third-order valence-electron chi connectivity index (χ3n) is 6.43. The minimum Gasteiger partial charge on any atom is -0.497 e. The first-order chi connectivity index (χ1) is 17.0. The van der Waals surface area contributed by atoms with E-state index in [2.05, 4.69) is 10.2 Å². The zero-order valence-electron chi connectivity index (χ0n) is 19.9. The van der Waals surface area contributed by atoms with Crippen LogP contribution in [0.5, 0.6) is 5.75 Å². The predicted molar refractivity (Wildman–Crippen MR) is 140 cm³/mol. The number of aromatic nitrogens is 2. The van der Waals surface area contributed by atoms with E-state index in [0.29, 0.717) is 29.3 Å². The number of carbonyl (C=O) groups excluding carboxylic acids is 1. The number of hydrogen-bond donors (Lipinski definition) is 1. The second kappa shape index (κ2) is 9.92. The number of ether oxygens (including phenoxy) is 1. The molecule has 0 aliphatic carbocycles. The van der Waals surface area contributed by atoms with Gasteiger partial charge in [-0.3, -0.25) is 9.59 Å². The molecule has 1 aliphatic rings. The van der Waals surface area contributed by atoms with E-state index in [-0.39, 0.29) is 17.4 Å². The van der Waals surface area contributed by atoms with Crippen LogP contribution in [0.15, 0.2) is 64.8 Å². The number of aryl methyl sites for hydroxylation is 1. The normalized spacial score (nSPS) is 15.8. The third kappa shape index (κ3) is 4.79. The molecule has 1 amide bonds. The van der Waals surface area contributed by atoms with E-state index in [0.717, 1.165) is 42.0 Å². The Labute approximate surface area is 208 Å². The van der Waals surface area contributed by atoms with Crippen LogP contribution < -0.4 is 20.5 Å². The van der Waals surface area contributed by atoms with Crippen molar-refractivity contribution in [1.82, 2.24) is 14.9 Å². The van der Waals surface area contributed by atoms with Crippen LogP contribution in [0, 0.1) is 12.8 Å². The van der Waals surface area contributed by atoms with Gasteiger partial charge in [-0.25, -0.2) is 9.55 Å². The van der Waals surface area contributed by atoms with Gasteiger partial charge in [0.2, 0.25) is 11.9 Å². The van der Waals surface area contributed by atoms with Crippen molar-refractivity contribution in [2.75, 3.05) is 25.1 Å². The molecule has 7 nitrogen and oxygen atoms in total. The molecule has 35 heavy (non-hydrogen) atoms. The minimum absolute atomic E-state index is 0.0124. The molecule has 0 bridgehead atoms. The maximum Gasteiger partial charge on any atom is 0.277 e. The SMILES string of the molecule is COc1cccc(CNC(=O)C2CCCN(c3nc4ccsc4c(=O)n3-c3ccc(C)cc3)C2)c1. The zero-order valence-corrected chi connectivity index (χ0v) is 20.7. The Morgan fingerprint density at radius 2 is 2.03 bits per heavy atom. The Bertz CT molecular complexity index is 1410. The minimum atomic E-state index is -0.184. The van der Waals surface area contributed by atoms with Crippen molar-refractivity contribution in [2.24, 2.45) is 5.92 Å². The fourth-order valence-corrected chi connectivity index (χ4v) is 5.29. The molecule has 0 spiro atoms. The van der Waals surface area contributed by atoms with Crippen LogP contribution in [-0.4, -0.2) is 35.7 Å². The lowest BCUT2D eigenvalue weighted by Crippen LogP contribution is -2.45. The van der Waals surface area contributed by atoms with Crippen LogP contribution in [0.25, 0.3) is 15.9 Å². The summed E-state index contributed by atoms with van der Waals surface area (Å²) in [5, 5.41) is 4.97. The molecule has 2 aromatic carbocycles. The van der Waals surface area contributed by atoms with E-state index in [4.69, 9.17) is 9.72 Å². The number of rotatable bonds is 6. The van der Waals surface area contributed by atoms with Crippen molar-refractivity contribution >= 4 is 33.4 Å². The first kappa shape index (κ1) is 23.1. The molecule has 0 saturated carbocycles. The second-order valence-electron chi connectivity index (χ2n) is 8.88. The summed E-state index contributed by atoms with van der Waals surface area (Å²) in [6.45, 7) is 3.72. The summed E-state index contributed by atoms with van der Waals surface area (Å²) in [6.07, 6.45) is 1.65. The van der Waals surface area contributed by atoms with Crippen LogP contribution in [0.2, 0.25) is 0 Å². The molecular weight excluding hydrogens is 460 g/mol. The Morgan fingerprint density at radius 3 is 2.83 bits per heavy atom.